The van der Waals surface area contributed by atoms with Crippen LogP contribution in [0.3, 0.4) is 0 Å². The quantitative estimate of drug-likeness (QED) is 0.748. The number of hydrogen-bond donors (Lipinski definition) is 1. The molecule has 1 aliphatic rings. The molecule has 7 heteroatoms. The lowest BCUT2D eigenvalue weighted by Crippen LogP contribution is -2.44. The molecule has 4 nitrogen and oxygen atoms in total. The largest absolute Gasteiger partial charge is 0.481 e. The topological polar surface area (TPSA) is 71.4 Å². The molecule has 0 spiro atoms. The van der Waals surface area contributed by atoms with Gasteiger partial charge >= 0.3 is 5.97 Å². The Morgan fingerprint density at radius 1 is 1.29 bits per heavy atom. The van der Waals surface area contributed by atoms with Crippen LogP contribution in [-0.2, 0) is 14.6 Å². The van der Waals surface area contributed by atoms with Crippen molar-refractivity contribution < 1.29 is 27.1 Å². The maximum absolute atomic E-state index is 12.5. The summed E-state index contributed by atoms with van der Waals surface area (Å²) in [6.07, 6.45) is -4.01. The molecule has 1 aliphatic heterocycles. The molecule has 1 heterocycles. The Hall–Kier alpha value is -0.720. The van der Waals surface area contributed by atoms with Crippen LogP contribution in [0.4, 0.5) is 8.78 Å². The minimum Gasteiger partial charge on any atom is -0.481 e. The van der Waals surface area contributed by atoms with Crippen LogP contribution in [-0.4, -0.2) is 37.4 Å². The number of carboxylic acids is 1. The predicted molar refractivity (Wildman–Crippen MR) is 44.0 cm³/mol. The lowest BCUT2D eigenvalue weighted by molar-refractivity contribution is -0.160. The third kappa shape index (κ3) is 1.87. The van der Waals surface area contributed by atoms with Crippen LogP contribution in [0.25, 0.3) is 0 Å². The number of rotatable bonds is 2. The summed E-state index contributed by atoms with van der Waals surface area (Å²) in [5.74, 6) is -2.55. The fraction of sp³-hybridized carbons (Fsp3) is 0.857. The van der Waals surface area contributed by atoms with Gasteiger partial charge in [0, 0.05) is 0 Å². The number of hydrogen-bond acceptors (Lipinski definition) is 3. The fourth-order valence-electron chi connectivity index (χ4n) is 1.43. The van der Waals surface area contributed by atoms with Gasteiger partial charge in [-0.25, -0.2) is 17.2 Å². The molecule has 1 N–H and O–H groups in total. The highest BCUT2D eigenvalue weighted by molar-refractivity contribution is 7.91. The van der Waals surface area contributed by atoms with Gasteiger partial charge in [0.2, 0.25) is 0 Å². The van der Waals surface area contributed by atoms with Crippen molar-refractivity contribution in [3.8, 4) is 0 Å². The first-order chi connectivity index (χ1) is 6.30. The zero-order valence-corrected chi connectivity index (χ0v) is 8.06. The van der Waals surface area contributed by atoms with E-state index >= 15 is 0 Å². The highest BCUT2D eigenvalue weighted by atomic mass is 32.2. The van der Waals surface area contributed by atoms with E-state index in [2.05, 4.69) is 0 Å². The molecule has 0 bridgehead atoms. The number of alkyl halides is 2. The summed E-state index contributed by atoms with van der Waals surface area (Å²) < 4.78 is 46.9. The maximum Gasteiger partial charge on any atom is 0.315 e. The van der Waals surface area contributed by atoms with Gasteiger partial charge in [-0.2, -0.15) is 0 Å². The van der Waals surface area contributed by atoms with Crippen molar-refractivity contribution in [2.45, 2.75) is 19.3 Å². The first-order valence-electron chi connectivity index (χ1n) is 4.02. The molecule has 1 rings (SSSR count). The number of aliphatic carboxylic acids is 1. The minimum atomic E-state index is -3.32. The number of sulfone groups is 1. The van der Waals surface area contributed by atoms with E-state index in [4.69, 9.17) is 5.11 Å². The Labute approximate surface area is 79.8 Å². The molecule has 0 radical (unpaired) electrons. The summed E-state index contributed by atoms with van der Waals surface area (Å²) >= 11 is 0. The molecule has 0 aromatic rings. The van der Waals surface area contributed by atoms with Crippen molar-refractivity contribution in [1.82, 2.24) is 0 Å². The normalized spacial score (nSPS) is 24.8. The summed E-state index contributed by atoms with van der Waals surface area (Å²) in [4.78, 5) is 10.7. The van der Waals surface area contributed by atoms with E-state index in [0.717, 1.165) is 0 Å². The van der Waals surface area contributed by atoms with Crippen molar-refractivity contribution in [1.29, 1.82) is 0 Å². The van der Waals surface area contributed by atoms with Crippen molar-refractivity contribution in [3.05, 3.63) is 0 Å². The predicted octanol–water partition coefficient (Wildman–Crippen LogP) is 0.531. The molecule has 0 aromatic heterocycles. The second-order valence-corrected chi connectivity index (χ2v) is 5.72. The third-order valence-corrected chi connectivity index (χ3v) is 4.21. The fourth-order valence-corrected chi connectivity index (χ4v) is 2.98. The van der Waals surface area contributed by atoms with E-state index in [-0.39, 0.29) is 0 Å². The molecule has 0 amide bonds. The van der Waals surface area contributed by atoms with Crippen molar-refractivity contribution in [3.63, 3.8) is 0 Å². The van der Waals surface area contributed by atoms with Gasteiger partial charge in [0.25, 0.3) is 6.43 Å². The summed E-state index contributed by atoms with van der Waals surface area (Å²) in [5, 5.41) is 8.65. The van der Waals surface area contributed by atoms with Gasteiger partial charge in [-0.05, 0) is 12.8 Å². The van der Waals surface area contributed by atoms with Crippen molar-refractivity contribution in [2.75, 3.05) is 11.5 Å². The van der Waals surface area contributed by atoms with Crippen molar-refractivity contribution >= 4 is 15.8 Å². The van der Waals surface area contributed by atoms with Crippen LogP contribution < -0.4 is 0 Å². The highest BCUT2D eigenvalue weighted by Crippen LogP contribution is 2.38. The first kappa shape index (κ1) is 11.4. The summed E-state index contributed by atoms with van der Waals surface area (Å²) in [5.41, 5.74) is -2.16. The van der Waals surface area contributed by atoms with E-state index in [0.29, 0.717) is 0 Å². The lowest BCUT2D eigenvalue weighted by atomic mass is 9.82. The zero-order valence-electron chi connectivity index (χ0n) is 7.24. The molecule has 14 heavy (non-hydrogen) atoms. The van der Waals surface area contributed by atoms with Gasteiger partial charge in [-0.15, -0.1) is 0 Å². The Bertz CT molecular complexity index is 322. The Morgan fingerprint density at radius 3 is 2.00 bits per heavy atom. The summed E-state index contributed by atoms with van der Waals surface area (Å²) in [7, 11) is -3.32. The summed E-state index contributed by atoms with van der Waals surface area (Å²) in [6.45, 7) is 0. The average molecular weight is 228 g/mol. The molecule has 1 fully saturated rings. The number of halogens is 2. The molecule has 1 saturated heterocycles. The molecule has 0 atom stereocenters. The van der Waals surface area contributed by atoms with Gasteiger partial charge in [0.05, 0.1) is 11.5 Å². The maximum atomic E-state index is 12.5. The molecule has 0 unspecified atom stereocenters. The lowest BCUT2D eigenvalue weighted by Gasteiger charge is -2.31. The molecule has 82 valence electrons. The summed E-state index contributed by atoms with van der Waals surface area (Å²) in [6, 6.07) is 0. The number of carbonyl (C=O) groups is 1. The van der Waals surface area contributed by atoms with Crippen LogP contribution in [0.2, 0.25) is 0 Å². The first-order valence-corrected chi connectivity index (χ1v) is 5.84. The van der Waals surface area contributed by atoms with Gasteiger partial charge in [0.15, 0.2) is 0 Å². The van der Waals surface area contributed by atoms with Gasteiger partial charge < -0.3 is 5.11 Å². The second-order valence-electron chi connectivity index (χ2n) is 3.41. The van der Waals surface area contributed by atoms with Gasteiger partial charge in [-0.1, -0.05) is 0 Å². The Morgan fingerprint density at radius 2 is 1.71 bits per heavy atom. The smallest absolute Gasteiger partial charge is 0.315 e. The standard InChI is InChI=1S/C7H10F2O4S/c8-5(9)7(6(10)11)1-3-14(12,13)4-2-7/h5H,1-4H2,(H,10,11). The Balaban J connectivity index is 2.91. The van der Waals surface area contributed by atoms with Crippen LogP contribution in [0.5, 0.6) is 0 Å². The minimum absolute atomic E-state index is 0.469. The van der Waals surface area contributed by atoms with E-state index in [1.165, 1.54) is 0 Å². The van der Waals surface area contributed by atoms with E-state index in [1.54, 1.807) is 0 Å². The van der Waals surface area contributed by atoms with Crippen LogP contribution in [0.1, 0.15) is 12.8 Å². The average Bonchev–Trinajstić information content (AvgIpc) is 2.03. The highest BCUT2D eigenvalue weighted by Gasteiger charge is 2.50. The second kappa shape index (κ2) is 3.45. The Kier molecular flexibility index (Phi) is 2.80. The third-order valence-electron chi connectivity index (χ3n) is 2.56. The molecule has 0 aliphatic carbocycles. The van der Waals surface area contributed by atoms with Crippen LogP contribution in [0.15, 0.2) is 0 Å². The SMILES string of the molecule is O=C(O)C1(C(F)F)CCS(=O)(=O)CC1. The van der Waals surface area contributed by atoms with E-state index in [9.17, 15) is 22.0 Å². The van der Waals surface area contributed by atoms with Gasteiger partial charge in [0.1, 0.15) is 15.3 Å². The van der Waals surface area contributed by atoms with Crippen LogP contribution in [0, 0.1) is 5.41 Å². The van der Waals surface area contributed by atoms with Gasteiger partial charge in [-0.3, -0.25) is 4.79 Å². The van der Waals surface area contributed by atoms with E-state index in [1.807, 2.05) is 0 Å². The zero-order chi connectivity index (χ0) is 11.0. The van der Waals surface area contributed by atoms with Crippen molar-refractivity contribution in [2.24, 2.45) is 5.41 Å². The van der Waals surface area contributed by atoms with Crippen LogP contribution >= 0.6 is 0 Å². The van der Waals surface area contributed by atoms with E-state index < -0.39 is 52.0 Å². The molecular weight excluding hydrogens is 218 g/mol. The molecule has 0 aromatic carbocycles. The molecule has 0 saturated carbocycles. The number of carboxylic acid groups (broad SMARTS) is 1. The molecular formula is C7H10F2O4S. The monoisotopic (exact) mass is 228 g/mol.